The van der Waals surface area contributed by atoms with Crippen molar-refractivity contribution in [3.8, 4) is 0 Å². The van der Waals surface area contributed by atoms with Gasteiger partial charge in [-0.1, -0.05) is 28.6 Å². The van der Waals surface area contributed by atoms with Gasteiger partial charge in [0.2, 0.25) is 5.91 Å². The van der Waals surface area contributed by atoms with Crippen LogP contribution in [-0.4, -0.2) is 59.2 Å². The van der Waals surface area contributed by atoms with Crippen LogP contribution in [0.1, 0.15) is 60.8 Å². The standard InChI is InChI=1S/C21H35BrN2O7/c1-8-13-29-17(26)15(11-12-22)23-16(25)10-9-14(18(27)30-20(2,3)4)24-19(28)31-21(5,6)7/h8,14-15H,1,9-13H2,2-7H3,(H,23,25)(H,24,28)/t14-,15-/m0/s1. The number of carbonyl (C=O) groups is 4. The summed E-state index contributed by atoms with van der Waals surface area (Å²) in [5.74, 6) is -1.74. The van der Waals surface area contributed by atoms with Crippen LogP contribution >= 0.6 is 15.9 Å². The molecule has 0 saturated heterocycles. The van der Waals surface area contributed by atoms with E-state index in [1.807, 2.05) is 0 Å². The topological polar surface area (TPSA) is 120 Å². The molecule has 0 aromatic rings. The molecule has 0 bridgehead atoms. The molecular formula is C21H35BrN2O7. The van der Waals surface area contributed by atoms with Gasteiger partial charge in [0.25, 0.3) is 0 Å². The number of halogens is 1. The Morgan fingerprint density at radius 3 is 1.94 bits per heavy atom. The third-order valence-corrected chi connectivity index (χ3v) is 3.86. The highest BCUT2D eigenvalue weighted by Gasteiger charge is 2.30. The number of esters is 2. The smallest absolute Gasteiger partial charge is 0.408 e. The van der Waals surface area contributed by atoms with E-state index in [-0.39, 0.29) is 19.4 Å². The Bertz CT molecular complexity index is 639. The SMILES string of the molecule is C=CCOC(=O)[C@H](CCBr)NC(=O)CC[C@H](NC(=O)OC(C)(C)C)C(=O)OC(C)(C)C. The Balaban J connectivity index is 5.09. The van der Waals surface area contributed by atoms with E-state index in [4.69, 9.17) is 14.2 Å². The number of hydrogen-bond acceptors (Lipinski definition) is 7. The van der Waals surface area contributed by atoms with Gasteiger partial charge in [0.15, 0.2) is 0 Å². The van der Waals surface area contributed by atoms with Crippen molar-refractivity contribution in [2.24, 2.45) is 0 Å². The van der Waals surface area contributed by atoms with E-state index in [2.05, 4.69) is 33.1 Å². The van der Waals surface area contributed by atoms with Gasteiger partial charge < -0.3 is 24.8 Å². The lowest BCUT2D eigenvalue weighted by Crippen LogP contribution is -2.47. The molecule has 0 aliphatic rings. The van der Waals surface area contributed by atoms with Crippen LogP contribution in [0.3, 0.4) is 0 Å². The second-order valence-electron chi connectivity index (χ2n) is 8.79. The molecule has 10 heteroatoms. The Labute approximate surface area is 192 Å². The van der Waals surface area contributed by atoms with Crippen molar-refractivity contribution in [2.75, 3.05) is 11.9 Å². The van der Waals surface area contributed by atoms with Crippen LogP contribution in [0.2, 0.25) is 0 Å². The van der Waals surface area contributed by atoms with E-state index in [0.29, 0.717) is 11.8 Å². The zero-order valence-corrected chi connectivity index (χ0v) is 20.8. The van der Waals surface area contributed by atoms with E-state index >= 15 is 0 Å². The fourth-order valence-corrected chi connectivity index (χ4v) is 2.67. The maximum Gasteiger partial charge on any atom is 0.408 e. The first-order chi connectivity index (χ1) is 14.2. The molecule has 0 saturated carbocycles. The first kappa shape index (κ1) is 28.9. The zero-order valence-electron chi connectivity index (χ0n) is 19.2. The number of rotatable bonds is 11. The summed E-state index contributed by atoms with van der Waals surface area (Å²) in [6, 6.07) is -1.94. The van der Waals surface area contributed by atoms with Gasteiger partial charge in [-0.05, 0) is 54.4 Å². The molecule has 2 atom stereocenters. The molecule has 0 aliphatic carbocycles. The van der Waals surface area contributed by atoms with Crippen molar-refractivity contribution in [2.45, 2.75) is 84.1 Å². The van der Waals surface area contributed by atoms with E-state index in [1.165, 1.54) is 6.08 Å². The minimum Gasteiger partial charge on any atom is -0.460 e. The molecular weight excluding hydrogens is 472 g/mol. The number of alkyl halides is 1. The molecule has 0 aromatic heterocycles. The minimum absolute atomic E-state index is 0.0357. The highest BCUT2D eigenvalue weighted by atomic mass is 79.9. The van der Waals surface area contributed by atoms with Crippen LogP contribution in [-0.2, 0) is 28.6 Å². The van der Waals surface area contributed by atoms with Crippen molar-refractivity contribution < 1.29 is 33.4 Å². The Kier molecular flexibility index (Phi) is 12.4. The molecule has 178 valence electrons. The Morgan fingerprint density at radius 1 is 0.903 bits per heavy atom. The van der Waals surface area contributed by atoms with Gasteiger partial charge in [-0.3, -0.25) is 4.79 Å². The lowest BCUT2D eigenvalue weighted by molar-refractivity contribution is -0.157. The molecule has 0 heterocycles. The highest BCUT2D eigenvalue weighted by molar-refractivity contribution is 9.09. The number of hydrogen-bond donors (Lipinski definition) is 2. The molecule has 2 amide bonds. The second kappa shape index (κ2) is 13.3. The van der Waals surface area contributed by atoms with Crippen molar-refractivity contribution in [3.05, 3.63) is 12.7 Å². The van der Waals surface area contributed by atoms with Gasteiger partial charge in [0.05, 0.1) is 0 Å². The van der Waals surface area contributed by atoms with Gasteiger partial charge >= 0.3 is 18.0 Å². The lowest BCUT2D eigenvalue weighted by Gasteiger charge is -2.26. The summed E-state index contributed by atoms with van der Waals surface area (Å²) in [4.78, 5) is 49.1. The van der Waals surface area contributed by atoms with E-state index < -0.39 is 47.2 Å². The fraction of sp³-hybridized carbons (Fsp3) is 0.714. The predicted octanol–water partition coefficient (Wildman–Crippen LogP) is 3.00. The number of nitrogens with one attached hydrogen (secondary N) is 2. The Morgan fingerprint density at radius 2 is 1.45 bits per heavy atom. The summed E-state index contributed by atoms with van der Waals surface area (Å²) < 4.78 is 15.5. The Hall–Kier alpha value is -2.10. The third-order valence-electron chi connectivity index (χ3n) is 3.40. The quantitative estimate of drug-likeness (QED) is 0.191. The van der Waals surface area contributed by atoms with Gasteiger partial charge in [-0.15, -0.1) is 0 Å². The molecule has 0 spiro atoms. The fourth-order valence-electron chi connectivity index (χ4n) is 2.21. The molecule has 9 nitrogen and oxygen atoms in total. The molecule has 0 fully saturated rings. The average molecular weight is 507 g/mol. The summed E-state index contributed by atoms with van der Waals surface area (Å²) in [7, 11) is 0. The third kappa shape index (κ3) is 14.5. The molecule has 31 heavy (non-hydrogen) atoms. The molecule has 2 N–H and O–H groups in total. The van der Waals surface area contributed by atoms with E-state index in [1.54, 1.807) is 41.5 Å². The molecule has 0 radical (unpaired) electrons. The number of alkyl carbamates (subject to hydrolysis) is 1. The van der Waals surface area contributed by atoms with Crippen LogP contribution in [0.5, 0.6) is 0 Å². The first-order valence-electron chi connectivity index (χ1n) is 10.0. The monoisotopic (exact) mass is 506 g/mol. The largest absolute Gasteiger partial charge is 0.460 e. The summed E-state index contributed by atoms with van der Waals surface area (Å²) in [5.41, 5.74) is -1.53. The molecule has 0 aromatic carbocycles. The van der Waals surface area contributed by atoms with Gasteiger partial charge in [0.1, 0.15) is 29.9 Å². The van der Waals surface area contributed by atoms with Crippen LogP contribution < -0.4 is 10.6 Å². The van der Waals surface area contributed by atoms with Crippen molar-refractivity contribution in [1.82, 2.24) is 10.6 Å². The maximum atomic E-state index is 12.5. The maximum absolute atomic E-state index is 12.5. The minimum atomic E-state index is -1.10. The van der Waals surface area contributed by atoms with E-state index in [0.717, 1.165) is 0 Å². The van der Waals surface area contributed by atoms with Crippen LogP contribution in [0, 0.1) is 0 Å². The van der Waals surface area contributed by atoms with Crippen LogP contribution in [0.4, 0.5) is 4.79 Å². The summed E-state index contributed by atoms with van der Waals surface area (Å²) >= 11 is 3.23. The summed E-state index contributed by atoms with van der Waals surface area (Å²) in [5, 5.41) is 5.52. The van der Waals surface area contributed by atoms with Crippen molar-refractivity contribution in [1.29, 1.82) is 0 Å². The highest BCUT2D eigenvalue weighted by Crippen LogP contribution is 2.13. The first-order valence-corrected chi connectivity index (χ1v) is 11.2. The number of ether oxygens (including phenoxy) is 3. The summed E-state index contributed by atoms with van der Waals surface area (Å²) in [6.07, 6.45) is 0.788. The predicted molar refractivity (Wildman–Crippen MR) is 120 cm³/mol. The summed E-state index contributed by atoms with van der Waals surface area (Å²) in [6.45, 7) is 13.7. The second-order valence-corrected chi connectivity index (χ2v) is 9.58. The van der Waals surface area contributed by atoms with Gasteiger partial charge in [-0.2, -0.15) is 0 Å². The number of amides is 2. The van der Waals surface area contributed by atoms with Crippen molar-refractivity contribution >= 4 is 39.9 Å². The van der Waals surface area contributed by atoms with Gasteiger partial charge in [-0.25, -0.2) is 14.4 Å². The molecule has 0 rings (SSSR count). The number of carbonyl (C=O) groups excluding carboxylic acids is 4. The van der Waals surface area contributed by atoms with Gasteiger partial charge in [0, 0.05) is 11.8 Å². The van der Waals surface area contributed by atoms with Crippen molar-refractivity contribution in [3.63, 3.8) is 0 Å². The normalized spacial score (nSPS) is 13.4. The molecule has 0 aliphatic heterocycles. The van der Waals surface area contributed by atoms with Crippen LogP contribution in [0.15, 0.2) is 12.7 Å². The average Bonchev–Trinajstić information content (AvgIpc) is 2.59. The molecule has 0 unspecified atom stereocenters. The lowest BCUT2D eigenvalue weighted by atomic mass is 10.1. The van der Waals surface area contributed by atoms with Crippen LogP contribution in [0.25, 0.3) is 0 Å². The zero-order chi connectivity index (χ0) is 24.2. The van der Waals surface area contributed by atoms with E-state index in [9.17, 15) is 19.2 Å².